The van der Waals surface area contributed by atoms with E-state index in [4.69, 9.17) is 16.3 Å². The third-order valence-corrected chi connectivity index (χ3v) is 4.35. The number of methoxy groups -OCH3 is 1. The molecule has 0 radical (unpaired) electrons. The number of carbonyl (C=O) groups excluding carboxylic acids is 2. The number of aromatic nitrogens is 4. The molecule has 0 bridgehead atoms. The van der Waals surface area contributed by atoms with E-state index in [9.17, 15) is 9.59 Å². The van der Waals surface area contributed by atoms with Gasteiger partial charge in [0.05, 0.1) is 19.6 Å². The molecular weight excluding hydrogens is 370 g/mol. The Bertz CT molecular complexity index is 1020. The molecule has 1 N–H and O–H groups in total. The van der Waals surface area contributed by atoms with Crippen molar-refractivity contribution in [3.05, 3.63) is 58.1 Å². The molecule has 2 heterocycles. The molecule has 27 heavy (non-hydrogen) atoms. The van der Waals surface area contributed by atoms with Crippen molar-refractivity contribution in [1.82, 2.24) is 24.9 Å². The van der Waals surface area contributed by atoms with Crippen LogP contribution in [-0.2, 0) is 9.53 Å². The second-order valence-corrected chi connectivity index (χ2v) is 6.42. The maximum absolute atomic E-state index is 12.7. The molecule has 0 saturated heterocycles. The number of hydrogen-bond acceptors (Lipinski definition) is 6. The van der Waals surface area contributed by atoms with Gasteiger partial charge in [-0.3, -0.25) is 9.59 Å². The fourth-order valence-corrected chi connectivity index (χ4v) is 3.00. The van der Waals surface area contributed by atoms with Crippen molar-refractivity contribution in [3.63, 3.8) is 0 Å². The quantitative estimate of drug-likeness (QED) is 0.675. The third-order valence-electron chi connectivity index (χ3n) is 4.01. The Morgan fingerprint density at radius 3 is 2.70 bits per heavy atom. The molecule has 140 valence electrons. The number of halogens is 1. The molecule has 0 aliphatic rings. The number of amides is 1. The first-order chi connectivity index (χ1) is 12.9. The number of aryl methyl sites for hydroxylation is 2. The molecule has 1 atom stereocenters. The lowest BCUT2D eigenvalue weighted by Crippen LogP contribution is -2.31. The van der Waals surface area contributed by atoms with Gasteiger partial charge in [-0.1, -0.05) is 29.8 Å². The molecule has 1 unspecified atom stereocenters. The summed E-state index contributed by atoms with van der Waals surface area (Å²) >= 11 is 6.23. The summed E-state index contributed by atoms with van der Waals surface area (Å²) in [7, 11) is 1.29. The van der Waals surface area contributed by atoms with E-state index in [0.717, 1.165) is 11.4 Å². The zero-order chi connectivity index (χ0) is 19.6. The normalized spacial score (nSPS) is 12.0. The van der Waals surface area contributed by atoms with Crippen LogP contribution in [0.5, 0.6) is 0 Å². The highest BCUT2D eigenvalue weighted by atomic mass is 35.5. The van der Waals surface area contributed by atoms with Gasteiger partial charge in [-0.05, 0) is 31.5 Å². The molecule has 0 aliphatic heterocycles. The Morgan fingerprint density at radius 2 is 2.00 bits per heavy atom. The van der Waals surface area contributed by atoms with Crippen molar-refractivity contribution in [1.29, 1.82) is 0 Å². The van der Waals surface area contributed by atoms with Crippen molar-refractivity contribution in [2.24, 2.45) is 0 Å². The van der Waals surface area contributed by atoms with E-state index < -0.39 is 17.9 Å². The van der Waals surface area contributed by atoms with Crippen molar-refractivity contribution in [3.8, 4) is 0 Å². The van der Waals surface area contributed by atoms with Gasteiger partial charge in [0.2, 0.25) is 5.82 Å². The van der Waals surface area contributed by atoms with Gasteiger partial charge in [0.25, 0.3) is 11.7 Å². The number of esters is 1. The first kappa shape index (κ1) is 18.8. The second-order valence-electron chi connectivity index (χ2n) is 6.01. The first-order valence-electron chi connectivity index (χ1n) is 8.22. The van der Waals surface area contributed by atoms with Gasteiger partial charge >= 0.3 is 5.97 Å². The van der Waals surface area contributed by atoms with Gasteiger partial charge in [-0.25, -0.2) is 9.50 Å². The molecule has 1 amide bonds. The predicted molar refractivity (Wildman–Crippen MR) is 98.5 cm³/mol. The summed E-state index contributed by atoms with van der Waals surface area (Å²) in [4.78, 5) is 32.9. The van der Waals surface area contributed by atoms with Crippen LogP contribution in [0.4, 0.5) is 0 Å². The molecule has 8 nitrogen and oxygen atoms in total. The lowest BCUT2D eigenvalue weighted by atomic mass is 10.0. The van der Waals surface area contributed by atoms with E-state index in [2.05, 4.69) is 20.4 Å². The van der Waals surface area contributed by atoms with Crippen molar-refractivity contribution in [2.45, 2.75) is 26.3 Å². The minimum atomic E-state index is -0.680. The summed E-state index contributed by atoms with van der Waals surface area (Å²) in [5.74, 6) is -0.722. The fraction of sp³-hybridized carbons (Fsp3) is 0.278. The molecule has 0 fully saturated rings. The van der Waals surface area contributed by atoms with Crippen LogP contribution in [0.2, 0.25) is 5.02 Å². The molecule has 0 spiro atoms. The maximum atomic E-state index is 12.7. The van der Waals surface area contributed by atoms with Crippen molar-refractivity contribution >= 4 is 29.3 Å². The summed E-state index contributed by atoms with van der Waals surface area (Å²) in [6.45, 7) is 3.69. The minimum Gasteiger partial charge on any atom is -0.469 e. The smallest absolute Gasteiger partial charge is 0.307 e. The molecule has 3 rings (SSSR count). The molecule has 9 heteroatoms. The summed E-state index contributed by atoms with van der Waals surface area (Å²) in [6.07, 6.45) is -0.0737. The Labute approximate surface area is 160 Å². The SMILES string of the molecule is COC(=O)CC(NC(=O)c1nc2nc(C)cc(C)n2n1)c1ccccc1Cl. The van der Waals surface area contributed by atoms with Crippen molar-refractivity contribution in [2.75, 3.05) is 7.11 Å². The molecule has 0 saturated carbocycles. The maximum Gasteiger partial charge on any atom is 0.307 e. The van der Waals surface area contributed by atoms with E-state index in [1.165, 1.54) is 11.6 Å². The van der Waals surface area contributed by atoms with Crippen LogP contribution >= 0.6 is 11.6 Å². The number of hydrogen-bond donors (Lipinski definition) is 1. The average Bonchev–Trinajstić information content (AvgIpc) is 3.06. The van der Waals surface area contributed by atoms with Gasteiger partial charge in [-0.15, -0.1) is 5.10 Å². The van der Waals surface area contributed by atoms with E-state index in [1.807, 2.05) is 19.9 Å². The average molecular weight is 388 g/mol. The zero-order valence-electron chi connectivity index (χ0n) is 15.1. The number of nitrogens with zero attached hydrogens (tertiary/aromatic N) is 4. The Balaban J connectivity index is 1.91. The molecule has 0 aliphatic carbocycles. The molecule has 3 aromatic rings. The van der Waals surface area contributed by atoms with Crippen LogP contribution in [-0.4, -0.2) is 38.6 Å². The van der Waals surface area contributed by atoms with Gasteiger partial charge in [0, 0.05) is 16.4 Å². The Hall–Kier alpha value is -3.00. The number of rotatable bonds is 5. The van der Waals surface area contributed by atoms with Crippen LogP contribution in [0, 0.1) is 13.8 Å². The highest BCUT2D eigenvalue weighted by Gasteiger charge is 2.24. The van der Waals surface area contributed by atoms with Gasteiger partial charge in [0.1, 0.15) is 0 Å². The number of nitrogens with one attached hydrogen (secondary N) is 1. The van der Waals surface area contributed by atoms with Crippen LogP contribution in [0.3, 0.4) is 0 Å². The van der Waals surface area contributed by atoms with Crippen LogP contribution in [0.25, 0.3) is 5.78 Å². The number of carbonyl (C=O) groups is 2. The topological polar surface area (TPSA) is 98.5 Å². The first-order valence-corrected chi connectivity index (χ1v) is 8.60. The van der Waals surface area contributed by atoms with Gasteiger partial charge in [-0.2, -0.15) is 4.98 Å². The van der Waals surface area contributed by atoms with Crippen LogP contribution in [0.15, 0.2) is 30.3 Å². The fourth-order valence-electron chi connectivity index (χ4n) is 2.73. The zero-order valence-corrected chi connectivity index (χ0v) is 15.8. The number of ether oxygens (including phenoxy) is 1. The predicted octanol–water partition coefficient (Wildman–Crippen LogP) is 2.43. The van der Waals surface area contributed by atoms with Crippen LogP contribution in [0.1, 0.15) is 40.0 Å². The van der Waals surface area contributed by atoms with E-state index in [0.29, 0.717) is 16.4 Å². The summed E-state index contributed by atoms with van der Waals surface area (Å²) in [5.41, 5.74) is 2.19. The highest BCUT2D eigenvalue weighted by Crippen LogP contribution is 2.25. The standard InChI is InChI=1S/C18H18ClN5O3/c1-10-8-11(2)24-18(20-10)22-16(23-24)17(26)21-14(9-15(25)27-3)12-6-4-5-7-13(12)19/h4-8,14H,9H2,1-3H3,(H,21,26). The van der Waals surface area contributed by atoms with Gasteiger partial charge in [0.15, 0.2) is 0 Å². The van der Waals surface area contributed by atoms with Gasteiger partial charge < -0.3 is 10.1 Å². The molecule has 2 aromatic heterocycles. The lowest BCUT2D eigenvalue weighted by Gasteiger charge is -2.18. The highest BCUT2D eigenvalue weighted by molar-refractivity contribution is 6.31. The number of benzene rings is 1. The second kappa shape index (κ2) is 7.71. The van der Waals surface area contributed by atoms with E-state index in [-0.39, 0.29) is 12.2 Å². The van der Waals surface area contributed by atoms with Crippen molar-refractivity contribution < 1.29 is 14.3 Å². The molecule has 1 aromatic carbocycles. The third kappa shape index (κ3) is 4.06. The lowest BCUT2D eigenvalue weighted by molar-refractivity contribution is -0.141. The largest absolute Gasteiger partial charge is 0.469 e. The Morgan fingerprint density at radius 1 is 1.26 bits per heavy atom. The van der Waals surface area contributed by atoms with Crippen LogP contribution < -0.4 is 5.32 Å². The van der Waals surface area contributed by atoms with E-state index in [1.54, 1.807) is 24.3 Å². The minimum absolute atomic E-state index is 0.0434. The monoisotopic (exact) mass is 387 g/mol. The Kier molecular flexibility index (Phi) is 5.36. The summed E-state index contributed by atoms with van der Waals surface area (Å²) < 4.78 is 6.22. The molecular formula is C18H18ClN5O3. The number of fused-ring (bicyclic) bond motifs is 1. The summed E-state index contributed by atoms with van der Waals surface area (Å²) in [6, 6.07) is 8.13. The summed E-state index contributed by atoms with van der Waals surface area (Å²) in [5, 5.41) is 7.40. The van der Waals surface area contributed by atoms with E-state index >= 15 is 0 Å².